The monoisotopic (exact) mass is 408 g/mol. The second-order valence-corrected chi connectivity index (χ2v) is 6.87. The molecular formula is C20H22Cl2N2O3. The van der Waals surface area contributed by atoms with Gasteiger partial charge in [-0.05, 0) is 48.9 Å². The number of hydrogen-bond acceptors (Lipinski definition) is 3. The van der Waals surface area contributed by atoms with Crippen molar-refractivity contribution in [2.24, 2.45) is 0 Å². The van der Waals surface area contributed by atoms with Crippen LogP contribution in [0.5, 0.6) is 5.75 Å². The van der Waals surface area contributed by atoms with Crippen LogP contribution in [0.25, 0.3) is 0 Å². The molecule has 0 bridgehead atoms. The summed E-state index contributed by atoms with van der Waals surface area (Å²) in [5.74, 6) is -0.244. The van der Waals surface area contributed by atoms with Crippen molar-refractivity contribution in [2.75, 3.05) is 6.61 Å². The van der Waals surface area contributed by atoms with Gasteiger partial charge in [0.05, 0.1) is 6.61 Å². The number of carbonyl (C=O) groups is 2. The number of hydrazine groups is 1. The smallest absolute Gasteiger partial charge is 0.269 e. The average Bonchev–Trinajstić information content (AvgIpc) is 2.65. The fourth-order valence-electron chi connectivity index (χ4n) is 2.36. The number of carbonyl (C=O) groups excluding carboxylic acids is 2. The van der Waals surface area contributed by atoms with E-state index in [1.54, 1.807) is 24.3 Å². The van der Waals surface area contributed by atoms with Gasteiger partial charge in [0, 0.05) is 21.2 Å². The number of unbranched alkanes of at least 4 members (excludes halogenated alkanes) is 3. The summed E-state index contributed by atoms with van der Waals surface area (Å²) >= 11 is 11.7. The molecule has 2 rings (SSSR count). The lowest BCUT2D eigenvalue weighted by Crippen LogP contribution is -2.41. The first-order valence-electron chi connectivity index (χ1n) is 8.79. The van der Waals surface area contributed by atoms with E-state index in [0.29, 0.717) is 28.0 Å². The Balaban J connectivity index is 1.82. The Morgan fingerprint density at radius 3 is 2.04 bits per heavy atom. The fourth-order valence-corrected chi connectivity index (χ4v) is 2.89. The largest absolute Gasteiger partial charge is 0.494 e. The molecule has 0 radical (unpaired) electrons. The maximum absolute atomic E-state index is 12.1. The lowest BCUT2D eigenvalue weighted by atomic mass is 10.2. The number of hydrogen-bond donors (Lipinski definition) is 2. The summed E-state index contributed by atoms with van der Waals surface area (Å²) in [5.41, 5.74) is 5.34. The number of rotatable bonds is 8. The highest BCUT2D eigenvalue weighted by Crippen LogP contribution is 2.19. The molecule has 27 heavy (non-hydrogen) atoms. The molecule has 0 saturated heterocycles. The van der Waals surface area contributed by atoms with Gasteiger partial charge in [0.25, 0.3) is 11.8 Å². The summed E-state index contributed by atoms with van der Waals surface area (Å²) in [6.07, 6.45) is 4.55. The van der Waals surface area contributed by atoms with Gasteiger partial charge in [-0.2, -0.15) is 0 Å². The highest BCUT2D eigenvalue weighted by Gasteiger charge is 2.11. The van der Waals surface area contributed by atoms with Crippen molar-refractivity contribution < 1.29 is 14.3 Å². The normalized spacial score (nSPS) is 10.3. The van der Waals surface area contributed by atoms with Crippen LogP contribution in [-0.2, 0) is 0 Å². The minimum absolute atomic E-state index is 0.250. The Morgan fingerprint density at radius 2 is 1.44 bits per heavy atom. The van der Waals surface area contributed by atoms with Gasteiger partial charge >= 0.3 is 0 Å². The molecule has 7 heteroatoms. The molecule has 0 saturated carbocycles. The maximum atomic E-state index is 12.1. The summed E-state index contributed by atoms with van der Waals surface area (Å²) in [4.78, 5) is 24.2. The van der Waals surface area contributed by atoms with Crippen LogP contribution in [0.15, 0.2) is 42.5 Å². The first-order chi connectivity index (χ1) is 13.0. The van der Waals surface area contributed by atoms with Crippen LogP contribution in [0.2, 0.25) is 10.0 Å². The van der Waals surface area contributed by atoms with Crippen molar-refractivity contribution >= 4 is 35.0 Å². The van der Waals surface area contributed by atoms with E-state index in [4.69, 9.17) is 27.9 Å². The van der Waals surface area contributed by atoms with Crippen molar-refractivity contribution in [1.82, 2.24) is 10.9 Å². The van der Waals surface area contributed by atoms with Crippen LogP contribution in [0.1, 0.15) is 53.3 Å². The third-order valence-electron chi connectivity index (χ3n) is 3.80. The lowest BCUT2D eigenvalue weighted by molar-refractivity contribution is 0.0846. The number of halogens is 2. The summed E-state index contributed by atoms with van der Waals surface area (Å²) in [7, 11) is 0. The minimum Gasteiger partial charge on any atom is -0.494 e. The van der Waals surface area contributed by atoms with Crippen LogP contribution < -0.4 is 15.6 Å². The molecule has 2 amide bonds. The zero-order valence-corrected chi connectivity index (χ0v) is 16.6. The van der Waals surface area contributed by atoms with E-state index in [1.165, 1.54) is 31.0 Å². The number of nitrogens with one attached hydrogen (secondary N) is 2. The molecule has 0 aliphatic carbocycles. The van der Waals surface area contributed by atoms with Gasteiger partial charge in [-0.3, -0.25) is 20.4 Å². The summed E-state index contributed by atoms with van der Waals surface area (Å²) < 4.78 is 5.64. The average molecular weight is 409 g/mol. The van der Waals surface area contributed by atoms with Crippen LogP contribution in [0, 0.1) is 0 Å². The van der Waals surface area contributed by atoms with Crippen molar-refractivity contribution in [1.29, 1.82) is 0 Å². The van der Waals surface area contributed by atoms with E-state index in [-0.39, 0.29) is 5.56 Å². The number of amides is 2. The molecule has 0 heterocycles. The number of ether oxygens (including phenoxy) is 1. The molecule has 2 aromatic carbocycles. The summed E-state index contributed by atoms with van der Waals surface area (Å²) in [6.45, 7) is 2.82. The van der Waals surface area contributed by atoms with Gasteiger partial charge in [-0.15, -0.1) is 0 Å². The van der Waals surface area contributed by atoms with Crippen molar-refractivity contribution in [3.63, 3.8) is 0 Å². The first kappa shape index (κ1) is 21.1. The molecule has 0 fully saturated rings. The molecule has 2 N–H and O–H groups in total. The van der Waals surface area contributed by atoms with Gasteiger partial charge in [0.1, 0.15) is 5.75 Å². The molecule has 0 spiro atoms. The van der Waals surface area contributed by atoms with E-state index in [0.717, 1.165) is 12.8 Å². The van der Waals surface area contributed by atoms with Crippen LogP contribution in [0.3, 0.4) is 0 Å². The van der Waals surface area contributed by atoms with Crippen molar-refractivity contribution in [2.45, 2.75) is 32.6 Å². The first-order valence-corrected chi connectivity index (χ1v) is 9.55. The van der Waals surface area contributed by atoms with Crippen molar-refractivity contribution in [3.05, 3.63) is 63.6 Å². The molecule has 2 aromatic rings. The van der Waals surface area contributed by atoms with Crippen LogP contribution >= 0.6 is 23.2 Å². The van der Waals surface area contributed by atoms with Gasteiger partial charge < -0.3 is 4.74 Å². The second kappa shape index (κ2) is 10.8. The zero-order chi connectivity index (χ0) is 19.6. The van der Waals surface area contributed by atoms with E-state index in [9.17, 15) is 9.59 Å². The Bertz CT molecular complexity index is 759. The molecule has 144 valence electrons. The fraction of sp³-hybridized carbons (Fsp3) is 0.300. The molecule has 0 aliphatic rings. The zero-order valence-electron chi connectivity index (χ0n) is 15.1. The Hall–Kier alpha value is -2.24. The highest BCUT2D eigenvalue weighted by atomic mass is 35.5. The van der Waals surface area contributed by atoms with E-state index < -0.39 is 11.8 Å². The molecule has 5 nitrogen and oxygen atoms in total. The maximum Gasteiger partial charge on any atom is 0.269 e. The molecule has 0 aliphatic heterocycles. The van der Waals surface area contributed by atoms with Gasteiger partial charge in [-0.25, -0.2) is 0 Å². The third kappa shape index (κ3) is 7.12. The predicted octanol–water partition coefficient (Wildman–Crippen LogP) is 5.03. The molecule has 0 unspecified atom stereocenters. The highest BCUT2D eigenvalue weighted by molar-refractivity contribution is 6.35. The quantitative estimate of drug-likeness (QED) is 0.475. The predicted molar refractivity (Wildman–Crippen MR) is 107 cm³/mol. The Labute approximate surface area is 169 Å². The van der Waals surface area contributed by atoms with E-state index >= 15 is 0 Å². The van der Waals surface area contributed by atoms with Gasteiger partial charge in [0.15, 0.2) is 0 Å². The number of benzene rings is 2. The Kier molecular flexibility index (Phi) is 8.43. The molecule has 0 aromatic heterocycles. The van der Waals surface area contributed by atoms with Crippen LogP contribution in [0.4, 0.5) is 0 Å². The van der Waals surface area contributed by atoms with E-state index in [1.807, 2.05) is 0 Å². The Morgan fingerprint density at radius 1 is 0.852 bits per heavy atom. The second-order valence-electron chi connectivity index (χ2n) is 6.00. The standard InChI is InChI=1S/C20H22Cl2N2O3/c1-2-3-4-5-10-27-18-8-6-14(7-9-18)19(25)23-24-20(26)15-11-16(21)13-17(22)12-15/h6-9,11-13H,2-5,10H2,1H3,(H,23,25)(H,24,26). The molecule has 0 atom stereocenters. The SMILES string of the molecule is CCCCCCOc1ccc(C(=O)NNC(=O)c2cc(Cl)cc(Cl)c2)cc1. The van der Waals surface area contributed by atoms with Crippen molar-refractivity contribution in [3.8, 4) is 5.75 Å². The lowest BCUT2D eigenvalue weighted by Gasteiger charge is -2.09. The summed E-state index contributed by atoms with van der Waals surface area (Å²) in [6, 6.07) is 11.2. The topological polar surface area (TPSA) is 67.4 Å². The van der Waals surface area contributed by atoms with Crippen LogP contribution in [-0.4, -0.2) is 18.4 Å². The third-order valence-corrected chi connectivity index (χ3v) is 4.23. The van der Waals surface area contributed by atoms with Gasteiger partial charge in [-0.1, -0.05) is 49.4 Å². The minimum atomic E-state index is -0.514. The molecular weight excluding hydrogens is 387 g/mol. The van der Waals surface area contributed by atoms with Gasteiger partial charge in [0.2, 0.25) is 0 Å². The summed E-state index contributed by atoms with van der Waals surface area (Å²) in [5, 5.41) is 0.675. The van der Waals surface area contributed by atoms with E-state index in [2.05, 4.69) is 17.8 Å².